The van der Waals surface area contributed by atoms with Crippen molar-refractivity contribution in [3.63, 3.8) is 0 Å². The summed E-state index contributed by atoms with van der Waals surface area (Å²) in [5.74, 6) is -1.08. The smallest absolute Gasteiger partial charge is 0.335 e. The molecule has 0 radical (unpaired) electrons. The van der Waals surface area contributed by atoms with Crippen molar-refractivity contribution >= 4 is 11.9 Å². The molecular formula is C17H23NO3. The van der Waals surface area contributed by atoms with Crippen LogP contribution in [0.1, 0.15) is 54.9 Å². The number of carboxylic acid groups (broad SMARTS) is 1. The van der Waals surface area contributed by atoms with E-state index in [0.29, 0.717) is 5.56 Å². The van der Waals surface area contributed by atoms with Gasteiger partial charge in [-0.15, -0.1) is 0 Å². The van der Waals surface area contributed by atoms with Gasteiger partial charge in [-0.2, -0.15) is 0 Å². The molecule has 21 heavy (non-hydrogen) atoms. The second-order valence-corrected chi connectivity index (χ2v) is 6.02. The summed E-state index contributed by atoms with van der Waals surface area (Å²) in [7, 11) is 0. The molecule has 4 heteroatoms. The molecule has 2 N–H and O–H groups in total. The second-order valence-electron chi connectivity index (χ2n) is 6.02. The van der Waals surface area contributed by atoms with E-state index in [-0.39, 0.29) is 23.3 Å². The Labute approximate surface area is 125 Å². The summed E-state index contributed by atoms with van der Waals surface area (Å²) in [6.45, 7) is 2.89. The number of carbonyl (C=O) groups excluding carboxylic acids is 1. The van der Waals surface area contributed by atoms with Gasteiger partial charge in [0.2, 0.25) is 5.91 Å². The zero-order chi connectivity index (χ0) is 15.3. The van der Waals surface area contributed by atoms with E-state index >= 15 is 0 Å². The fraction of sp³-hybridized carbons (Fsp3) is 0.529. The normalized spacial score (nSPS) is 16.0. The van der Waals surface area contributed by atoms with E-state index in [2.05, 4.69) is 12.2 Å². The highest BCUT2D eigenvalue weighted by Gasteiger charge is 2.36. The summed E-state index contributed by atoms with van der Waals surface area (Å²) >= 11 is 0. The summed E-state index contributed by atoms with van der Waals surface area (Å²) in [4.78, 5) is 23.2. The first-order chi connectivity index (χ1) is 10.1. The molecule has 1 aromatic rings. The molecule has 0 aromatic heterocycles. The second kappa shape index (κ2) is 6.74. The number of aromatic carboxylic acids is 1. The molecule has 0 aliphatic heterocycles. The molecule has 0 saturated heterocycles. The highest BCUT2D eigenvalue weighted by Crippen LogP contribution is 2.44. The lowest BCUT2D eigenvalue weighted by Gasteiger charge is -2.42. The summed E-state index contributed by atoms with van der Waals surface area (Å²) in [6.07, 6.45) is 6.04. The maximum absolute atomic E-state index is 12.1. The van der Waals surface area contributed by atoms with E-state index in [1.54, 1.807) is 18.2 Å². The van der Waals surface area contributed by atoms with E-state index in [0.717, 1.165) is 19.4 Å². The molecule has 0 bridgehead atoms. The molecule has 0 atom stereocenters. The van der Waals surface area contributed by atoms with Crippen LogP contribution in [0.5, 0.6) is 0 Å². The molecule has 0 spiro atoms. The van der Waals surface area contributed by atoms with Crippen LogP contribution in [-0.4, -0.2) is 23.5 Å². The molecule has 114 valence electrons. The number of carbonyl (C=O) groups is 2. The quantitative estimate of drug-likeness (QED) is 0.811. The van der Waals surface area contributed by atoms with E-state index in [1.165, 1.54) is 25.3 Å². The predicted molar refractivity (Wildman–Crippen MR) is 81.3 cm³/mol. The van der Waals surface area contributed by atoms with Gasteiger partial charge in [0.05, 0.1) is 12.0 Å². The minimum atomic E-state index is -0.986. The molecule has 1 fully saturated rings. The van der Waals surface area contributed by atoms with Crippen LogP contribution in [0.15, 0.2) is 24.3 Å². The first-order valence-corrected chi connectivity index (χ1v) is 7.64. The number of hydrogen-bond acceptors (Lipinski definition) is 2. The predicted octanol–water partition coefficient (Wildman–Crippen LogP) is 3.01. The minimum Gasteiger partial charge on any atom is -0.478 e. The molecule has 1 amide bonds. The van der Waals surface area contributed by atoms with Crippen molar-refractivity contribution in [2.75, 3.05) is 6.54 Å². The molecule has 1 aliphatic carbocycles. The Morgan fingerprint density at radius 2 is 2.00 bits per heavy atom. The lowest BCUT2D eigenvalue weighted by atomic mass is 9.66. The summed E-state index contributed by atoms with van der Waals surface area (Å²) in [6, 6.07) is 6.68. The van der Waals surface area contributed by atoms with E-state index in [4.69, 9.17) is 5.11 Å². The van der Waals surface area contributed by atoms with Crippen molar-refractivity contribution in [3.8, 4) is 0 Å². The van der Waals surface area contributed by atoms with Crippen molar-refractivity contribution in [1.29, 1.82) is 0 Å². The Morgan fingerprint density at radius 3 is 2.57 bits per heavy atom. The SMILES string of the molecule is CCCC1(CNC(=O)Cc2ccccc2C(=O)O)CCC1. The number of amides is 1. The van der Waals surface area contributed by atoms with Gasteiger partial charge in [0.1, 0.15) is 0 Å². The van der Waals surface area contributed by atoms with Gasteiger partial charge in [-0.1, -0.05) is 38.0 Å². The number of carboxylic acids is 1. The van der Waals surface area contributed by atoms with Crippen molar-refractivity contribution in [2.45, 2.75) is 45.4 Å². The summed E-state index contributed by atoms with van der Waals surface area (Å²) in [5.41, 5.74) is 1.07. The molecule has 1 aliphatic rings. The van der Waals surface area contributed by atoms with Gasteiger partial charge in [0.15, 0.2) is 0 Å². The zero-order valence-corrected chi connectivity index (χ0v) is 12.5. The Morgan fingerprint density at radius 1 is 1.29 bits per heavy atom. The topological polar surface area (TPSA) is 66.4 Å². The molecule has 1 saturated carbocycles. The van der Waals surface area contributed by atoms with Crippen LogP contribution in [-0.2, 0) is 11.2 Å². The number of nitrogens with one attached hydrogen (secondary N) is 1. The maximum Gasteiger partial charge on any atom is 0.335 e. The molecule has 4 nitrogen and oxygen atoms in total. The average molecular weight is 289 g/mol. The molecule has 0 heterocycles. The third-order valence-electron chi connectivity index (χ3n) is 4.45. The maximum atomic E-state index is 12.1. The fourth-order valence-corrected chi connectivity index (χ4v) is 3.13. The van der Waals surface area contributed by atoms with Crippen molar-refractivity contribution in [3.05, 3.63) is 35.4 Å². The first-order valence-electron chi connectivity index (χ1n) is 7.64. The molecule has 2 rings (SSSR count). The van der Waals surface area contributed by atoms with Crippen molar-refractivity contribution < 1.29 is 14.7 Å². The minimum absolute atomic E-state index is 0.0916. The Balaban J connectivity index is 1.92. The summed E-state index contributed by atoms with van der Waals surface area (Å²) in [5, 5.41) is 12.1. The largest absolute Gasteiger partial charge is 0.478 e. The average Bonchev–Trinajstić information content (AvgIpc) is 2.42. The van der Waals surface area contributed by atoms with Gasteiger partial charge in [-0.25, -0.2) is 4.79 Å². The van der Waals surface area contributed by atoms with Crippen LogP contribution in [0.3, 0.4) is 0 Å². The number of rotatable bonds is 7. The van der Waals surface area contributed by atoms with Crippen LogP contribution >= 0.6 is 0 Å². The van der Waals surface area contributed by atoms with Crippen LogP contribution < -0.4 is 5.32 Å². The van der Waals surface area contributed by atoms with Gasteiger partial charge in [-0.05, 0) is 36.3 Å². The zero-order valence-electron chi connectivity index (χ0n) is 12.5. The van der Waals surface area contributed by atoms with Gasteiger partial charge >= 0.3 is 5.97 Å². The third kappa shape index (κ3) is 3.84. The van der Waals surface area contributed by atoms with Crippen molar-refractivity contribution in [1.82, 2.24) is 5.32 Å². The Hall–Kier alpha value is -1.84. The van der Waals surface area contributed by atoms with Gasteiger partial charge in [0, 0.05) is 6.54 Å². The van der Waals surface area contributed by atoms with Gasteiger partial charge in [-0.3, -0.25) is 4.79 Å². The van der Waals surface area contributed by atoms with Crippen LogP contribution in [0, 0.1) is 5.41 Å². The lowest BCUT2D eigenvalue weighted by molar-refractivity contribution is -0.121. The lowest BCUT2D eigenvalue weighted by Crippen LogP contribution is -2.42. The highest BCUT2D eigenvalue weighted by molar-refractivity contribution is 5.91. The third-order valence-corrected chi connectivity index (χ3v) is 4.45. The van der Waals surface area contributed by atoms with Crippen LogP contribution in [0.4, 0.5) is 0 Å². The highest BCUT2D eigenvalue weighted by atomic mass is 16.4. The van der Waals surface area contributed by atoms with E-state index in [9.17, 15) is 9.59 Å². The van der Waals surface area contributed by atoms with Crippen molar-refractivity contribution in [2.24, 2.45) is 5.41 Å². The number of benzene rings is 1. The molecular weight excluding hydrogens is 266 g/mol. The monoisotopic (exact) mass is 289 g/mol. The van der Waals surface area contributed by atoms with Crippen LogP contribution in [0.25, 0.3) is 0 Å². The van der Waals surface area contributed by atoms with Gasteiger partial charge in [0.25, 0.3) is 0 Å². The Bertz CT molecular complexity index is 521. The molecule has 0 unspecified atom stereocenters. The standard InChI is InChI=1S/C17H23NO3/c1-2-8-17(9-5-10-17)12-18-15(19)11-13-6-3-4-7-14(13)16(20)21/h3-4,6-7H,2,5,8-12H2,1H3,(H,18,19)(H,20,21). The van der Waals surface area contributed by atoms with Gasteiger partial charge < -0.3 is 10.4 Å². The van der Waals surface area contributed by atoms with E-state index < -0.39 is 5.97 Å². The molecule has 1 aromatic carbocycles. The number of hydrogen-bond donors (Lipinski definition) is 2. The first kappa shape index (κ1) is 15.5. The Kier molecular flexibility index (Phi) is 4.99. The fourth-order valence-electron chi connectivity index (χ4n) is 3.13. The van der Waals surface area contributed by atoms with E-state index in [1.807, 2.05) is 0 Å². The van der Waals surface area contributed by atoms with Crippen LogP contribution in [0.2, 0.25) is 0 Å². The summed E-state index contributed by atoms with van der Waals surface area (Å²) < 4.78 is 0.